The molecule has 1 aliphatic rings. The van der Waals surface area contributed by atoms with Crippen molar-refractivity contribution in [2.45, 2.75) is 38.3 Å². The molecule has 2 rings (SSSR count). The van der Waals surface area contributed by atoms with Crippen molar-refractivity contribution >= 4 is 0 Å². The average molecular weight is 244 g/mol. The Kier molecular flexibility index (Phi) is 4.74. The van der Waals surface area contributed by atoms with Crippen LogP contribution in [0, 0.1) is 17.2 Å². The number of nitrogens with zero attached hydrogens (tertiary/aromatic N) is 1. The van der Waals surface area contributed by atoms with E-state index < -0.39 is 0 Å². The molecule has 1 fully saturated rings. The largest absolute Gasteiger partial charge is 0.396 e. The molecule has 2 atom stereocenters. The average Bonchev–Trinajstić information content (AvgIpc) is 2.46. The molecule has 0 amide bonds. The fourth-order valence-electron chi connectivity index (χ4n) is 2.60. The summed E-state index contributed by atoms with van der Waals surface area (Å²) in [6.07, 6.45) is 4.64. The molecular weight excluding hydrogens is 224 g/mol. The maximum absolute atomic E-state index is 9.19. The molecule has 3 nitrogen and oxygen atoms in total. The van der Waals surface area contributed by atoms with E-state index in [0.717, 1.165) is 19.4 Å². The normalized spacial score (nSPS) is 23.6. The quantitative estimate of drug-likeness (QED) is 0.853. The van der Waals surface area contributed by atoms with Crippen molar-refractivity contribution in [3.63, 3.8) is 0 Å². The van der Waals surface area contributed by atoms with E-state index in [4.69, 9.17) is 5.26 Å². The van der Waals surface area contributed by atoms with Crippen LogP contribution in [0.2, 0.25) is 0 Å². The van der Waals surface area contributed by atoms with Gasteiger partial charge in [-0.3, -0.25) is 0 Å². The second-order valence-corrected chi connectivity index (χ2v) is 5.10. The fraction of sp³-hybridized carbons (Fsp3) is 0.533. The van der Waals surface area contributed by atoms with Gasteiger partial charge in [0.15, 0.2) is 0 Å². The van der Waals surface area contributed by atoms with E-state index in [9.17, 15) is 5.11 Å². The lowest BCUT2D eigenvalue weighted by atomic mass is 9.86. The van der Waals surface area contributed by atoms with Crippen LogP contribution < -0.4 is 5.32 Å². The first-order valence-corrected chi connectivity index (χ1v) is 6.65. The van der Waals surface area contributed by atoms with Gasteiger partial charge in [0.05, 0.1) is 11.6 Å². The number of aliphatic hydroxyl groups is 1. The highest BCUT2D eigenvalue weighted by molar-refractivity contribution is 5.31. The van der Waals surface area contributed by atoms with Gasteiger partial charge in [-0.2, -0.15) is 5.26 Å². The van der Waals surface area contributed by atoms with Crippen LogP contribution in [-0.4, -0.2) is 17.8 Å². The number of benzene rings is 1. The van der Waals surface area contributed by atoms with Gasteiger partial charge in [0, 0.05) is 19.2 Å². The predicted molar refractivity (Wildman–Crippen MR) is 70.8 cm³/mol. The molecule has 0 heterocycles. The Balaban J connectivity index is 1.81. The van der Waals surface area contributed by atoms with Crippen molar-refractivity contribution in [2.24, 2.45) is 5.92 Å². The molecule has 1 aliphatic carbocycles. The van der Waals surface area contributed by atoms with E-state index in [1.54, 1.807) is 0 Å². The molecule has 2 unspecified atom stereocenters. The Morgan fingerprint density at radius 3 is 2.72 bits per heavy atom. The van der Waals surface area contributed by atoms with E-state index in [-0.39, 0.29) is 0 Å². The number of hydrogen-bond acceptors (Lipinski definition) is 3. The number of nitrogens with one attached hydrogen (secondary N) is 1. The molecule has 0 saturated heterocycles. The molecule has 1 saturated carbocycles. The first kappa shape index (κ1) is 13.1. The highest BCUT2D eigenvalue weighted by Gasteiger charge is 2.20. The second-order valence-electron chi connectivity index (χ2n) is 5.10. The van der Waals surface area contributed by atoms with Gasteiger partial charge < -0.3 is 10.4 Å². The van der Waals surface area contributed by atoms with Gasteiger partial charge in [-0.05, 0) is 42.9 Å². The third-order valence-electron chi connectivity index (χ3n) is 3.72. The van der Waals surface area contributed by atoms with E-state index in [2.05, 4.69) is 11.4 Å². The van der Waals surface area contributed by atoms with E-state index >= 15 is 0 Å². The summed E-state index contributed by atoms with van der Waals surface area (Å²) in [5.41, 5.74) is 1.91. The Bertz CT molecular complexity index is 407. The summed E-state index contributed by atoms with van der Waals surface area (Å²) >= 11 is 0. The maximum Gasteiger partial charge on any atom is 0.0991 e. The Labute approximate surface area is 108 Å². The summed E-state index contributed by atoms with van der Waals surface area (Å²) in [6.45, 7) is 1.16. The molecule has 2 N–H and O–H groups in total. The third kappa shape index (κ3) is 3.56. The first-order chi connectivity index (χ1) is 8.81. The smallest absolute Gasteiger partial charge is 0.0991 e. The summed E-state index contributed by atoms with van der Waals surface area (Å²) in [4.78, 5) is 0. The molecule has 0 aliphatic heterocycles. The molecule has 0 radical (unpaired) electrons. The molecule has 1 aromatic carbocycles. The minimum Gasteiger partial charge on any atom is -0.396 e. The topological polar surface area (TPSA) is 56.0 Å². The van der Waals surface area contributed by atoms with Crippen molar-refractivity contribution in [3.05, 3.63) is 35.4 Å². The van der Waals surface area contributed by atoms with Crippen LogP contribution in [0.15, 0.2) is 24.3 Å². The summed E-state index contributed by atoms with van der Waals surface area (Å²) < 4.78 is 0. The van der Waals surface area contributed by atoms with E-state index in [1.807, 2.05) is 24.3 Å². The molecule has 0 bridgehead atoms. The van der Waals surface area contributed by atoms with Crippen LogP contribution in [0.1, 0.15) is 36.8 Å². The molecule has 3 heteroatoms. The minimum absolute atomic E-state index is 0.315. The number of rotatable bonds is 4. The number of hydrogen-bond donors (Lipinski definition) is 2. The molecule has 96 valence electrons. The van der Waals surface area contributed by atoms with Crippen molar-refractivity contribution in [2.75, 3.05) is 6.61 Å². The molecule has 0 aromatic heterocycles. The zero-order valence-electron chi connectivity index (χ0n) is 10.6. The summed E-state index contributed by atoms with van der Waals surface area (Å²) in [6, 6.07) is 10.4. The van der Waals surface area contributed by atoms with Gasteiger partial charge >= 0.3 is 0 Å². The second kappa shape index (κ2) is 6.53. The number of aliphatic hydroxyl groups excluding tert-OH is 1. The lowest BCUT2D eigenvalue weighted by Crippen LogP contribution is -2.34. The standard InChI is InChI=1S/C15H20N2O/c16-9-12-4-6-13(7-5-12)10-17-15-3-1-2-14(8-15)11-18/h4-7,14-15,17-18H,1-3,8,10-11H2. The third-order valence-corrected chi connectivity index (χ3v) is 3.72. The summed E-state index contributed by atoms with van der Waals surface area (Å²) in [7, 11) is 0. The molecular formula is C15H20N2O. The number of nitriles is 1. The zero-order chi connectivity index (χ0) is 12.8. The monoisotopic (exact) mass is 244 g/mol. The summed E-state index contributed by atoms with van der Waals surface area (Å²) in [5, 5.41) is 21.5. The molecule has 1 aromatic rings. The van der Waals surface area contributed by atoms with Gasteiger partial charge in [-0.15, -0.1) is 0 Å². The highest BCUT2D eigenvalue weighted by atomic mass is 16.3. The van der Waals surface area contributed by atoms with Crippen molar-refractivity contribution in [3.8, 4) is 6.07 Å². The van der Waals surface area contributed by atoms with Crippen LogP contribution in [0.3, 0.4) is 0 Å². The van der Waals surface area contributed by atoms with Crippen molar-refractivity contribution in [1.29, 1.82) is 5.26 Å². The lowest BCUT2D eigenvalue weighted by molar-refractivity contribution is 0.170. The first-order valence-electron chi connectivity index (χ1n) is 6.65. The van der Waals surface area contributed by atoms with Crippen LogP contribution in [0.4, 0.5) is 0 Å². The van der Waals surface area contributed by atoms with E-state index in [1.165, 1.54) is 18.4 Å². The molecule has 18 heavy (non-hydrogen) atoms. The Morgan fingerprint density at radius 1 is 1.28 bits per heavy atom. The highest BCUT2D eigenvalue weighted by Crippen LogP contribution is 2.23. The minimum atomic E-state index is 0.315. The van der Waals surface area contributed by atoms with Gasteiger partial charge in [0.25, 0.3) is 0 Å². The van der Waals surface area contributed by atoms with E-state index in [0.29, 0.717) is 24.1 Å². The SMILES string of the molecule is N#Cc1ccc(CNC2CCCC(CO)C2)cc1. The van der Waals surface area contributed by atoms with Crippen LogP contribution >= 0.6 is 0 Å². The van der Waals surface area contributed by atoms with Gasteiger partial charge in [-0.1, -0.05) is 18.6 Å². The molecule has 0 spiro atoms. The van der Waals surface area contributed by atoms with Crippen LogP contribution in [0.25, 0.3) is 0 Å². The Morgan fingerprint density at radius 2 is 2.06 bits per heavy atom. The van der Waals surface area contributed by atoms with Gasteiger partial charge in [0.1, 0.15) is 0 Å². The van der Waals surface area contributed by atoms with Crippen LogP contribution in [0.5, 0.6) is 0 Å². The lowest BCUT2D eigenvalue weighted by Gasteiger charge is -2.28. The maximum atomic E-state index is 9.19. The van der Waals surface area contributed by atoms with Crippen molar-refractivity contribution in [1.82, 2.24) is 5.32 Å². The zero-order valence-corrected chi connectivity index (χ0v) is 10.6. The Hall–Kier alpha value is -1.37. The summed E-state index contributed by atoms with van der Waals surface area (Å²) in [5.74, 6) is 0.470. The predicted octanol–water partition coefficient (Wildman–Crippen LogP) is 2.20. The van der Waals surface area contributed by atoms with Gasteiger partial charge in [0.2, 0.25) is 0 Å². The van der Waals surface area contributed by atoms with Gasteiger partial charge in [-0.25, -0.2) is 0 Å². The van der Waals surface area contributed by atoms with Crippen LogP contribution in [-0.2, 0) is 6.54 Å². The van der Waals surface area contributed by atoms with Crippen molar-refractivity contribution < 1.29 is 5.11 Å². The fourth-order valence-corrected chi connectivity index (χ4v) is 2.60.